The molecule has 2 fully saturated rings. The third kappa shape index (κ3) is 6.11. The molecule has 0 aromatic rings. The van der Waals surface area contributed by atoms with Crippen LogP contribution in [0.1, 0.15) is 46.0 Å². The molecule has 1 saturated carbocycles. The Labute approximate surface area is 127 Å². The van der Waals surface area contributed by atoms with Crippen LogP contribution < -0.4 is 0 Å². The van der Waals surface area contributed by atoms with Gasteiger partial charge in [0.1, 0.15) is 0 Å². The molecule has 1 saturated heterocycles. The van der Waals surface area contributed by atoms with E-state index < -0.39 is 0 Å². The van der Waals surface area contributed by atoms with Crippen LogP contribution in [0.3, 0.4) is 0 Å². The molecule has 120 valence electrons. The molecule has 0 unspecified atom stereocenters. The third-order valence-corrected chi connectivity index (χ3v) is 4.76. The molecule has 0 amide bonds. The molecule has 3 heteroatoms. The van der Waals surface area contributed by atoms with Crippen molar-refractivity contribution in [2.75, 3.05) is 53.9 Å². The van der Waals surface area contributed by atoms with E-state index in [9.17, 15) is 0 Å². The van der Waals surface area contributed by atoms with Gasteiger partial charge in [0.15, 0.2) is 0 Å². The van der Waals surface area contributed by atoms with Gasteiger partial charge in [-0.2, -0.15) is 0 Å². The predicted molar refractivity (Wildman–Crippen MR) is 89.3 cm³/mol. The molecule has 0 atom stereocenters. The minimum atomic E-state index is 0.907. The Morgan fingerprint density at radius 3 is 2.00 bits per heavy atom. The van der Waals surface area contributed by atoms with Crippen LogP contribution in [-0.2, 0) is 0 Å². The fraction of sp³-hybridized carbons (Fsp3) is 1.00. The molecule has 20 heavy (non-hydrogen) atoms. The second kappa shape index (κ2) is 9.75. The van der Waals surface area contributed by atoms with Crippen LogP contribution in [0.5, 0.6) is 0 Å². The van der Waals surface area contributed by atoms with Gasteiger partial charge < -0.3 is 9.80 Å². The minimum absolute atomic E-state index is 0.907. The van der Waals surface area contributed by atoms with Crippen molar-refractivity contribution >= 4 is 0 Å². The molecule has 0 aromatic carbocycles. The van der Waals surface area contributed by atoms with Crippen LogP contribution in [0, 0.1) is 5.92 Å². The van der Waals surface area contributed by atoms with E-state index in [-0.39, 0.29) is 0 Å². The molecule has 1 aliphatic carbocycles. The average Bonchev–Trinajstić information content (AvgIpc) is 2.39. The maximum Gasteiger partial charge on any atom is 0.0112 e. The lowest BCUT2D eigenvalue weighted by molar-refractivity contribution is 0.0810. The molecule has 1 aliphatic heterocycles. The maximum atomic E-state index is 2.79. The van der Waals surface area contributed by atoms with Gasteiger partial charge in [-0.3, -0.25) is 4.90 Å². The summed E-state index contributed by atoms with van der Waals surface area (Å²) < 4.78 is 0. The molecule has 2 aliphatic rings. The Balaban J connectivity index is 0.000000956. The van der Waals surface area contributed by atoms with Gasteiger partial charge in [0.25, 0.3) is 0 Å². The zero-order chi connectivity index (χ0) is 15.0. The lowest BCUT2D eigenvalue weighted by atomic mass is 9.89. The topological polar surface area (TPSA) is 9.72 Å². The number of hydrogen-bond donors (Lipinski definition) is 0. The quantitative estimate of drug-likeness (QED) is 0.742. The monoisotopic (exact) mass is 283 g/mol. The van der Waals surface area contributed by atoms with Crippen LogP contribution in [0.15, 0.2) is 0 Å². The first-order chi connectivity index (χ1) is 9.65. The van der Waals surface area contributed by atoms with Gasteiger partial charge in [0.2, 0.25) is 0 Å². The highest BCUT2D eigenvalue weighted by Crippen LogP contribution is 2.27. The molecular weight excluding hydrogens is 246 g/mol. The first kappa shape index (κ1) is 17.9. The van der Waals surface area contributed by atoms with E-state index in [4.69, 9.17) is 0 Å². The summed E-state index contributed by atoms with van der Waals surface area (Å²) in [6.07, 6.45) is 7.15. The zero-order valence-corrected chi connectivity index (χ0v) is 14.6. The number of rotatable bonds is 6. The fourth-order valence-electron chi connectivity index (χ4n) is 3.08. The van der Waals surface area contributed by atoms with E-state index >= 15 is 0 Å². The standard InChI is InChI=1S/C15H31N3.C2H6/c1-16(2)11-12-18(15-5-4-6-15)13-14-7-9-17(3)10-8-14;1-2/h14-15H,4-13H2,1-3H3;1-2H3. The summed E-state index contributed by atoms with van der Waals surface area (Å²) in [6.45, 7) is 10.4. The second-order valence-corrected chi connectivity index (χ2v) is 6.63. The summed E-state index contributed by atoms with van der Waals surface area (Å²) in [7, 11) is 6.63. The fourth-order valence-corrected chi connectivity index (χ4v) is 3.08. The summed E-state index contributed by atoms with van der Waals surface area (Å²) in [6, 6.07) is 0.907. The van der Waals surface area contributed by atoms with Crippen molar-refractivity contribution in [1.29, 1.82) is 0 Å². The van der Waals surface area contributed by atoms with Crippen molar-refractivity contribution in [1.82, 2.24) is 14.7 Å². The van der Waals surface area contributed by atoms with Crippen LogP contribution in [0.4, 0.5) is 0 Å². The van der Waals surface area contributed by atoms with Crippen molar-refractivity contribution < 1.29 is 0 Å². The van der Waals surface area contributed by atoms with Crippen LogP contribution >= 0.6 is 0 Å². The van der Waals surface area contributed by atoms with Crippen molar-refractivity contribution in [3.63, 3.8) is 0 Å². The van der Waals surface area contributed by atoms with Gasteiger partial charge in [-0.25, -0.2) is 0 Å². The molecule has 3 nitrogen and oxygen atoms in total. The van der Waals surface area contributed by atoms with E-state index in [2.05, 4.69) is 35.8 Å². The zero-order valence-electron chi connectivity index (χ0n) is 14.6. The number of hydrogen-bond acceptors (Lipinski definition) is 3. The Morgan fingerprint density at radius 1 is 0.950 bits per heavy atom. The Morgan fingerprint density at radius 2 is 1.55 bits per heavy atom. The molecule has 1 heterocycles. The summed E-state index contributed by atoms with van der Waals surface area (Å²) >= 11 is 0. The lowest BCUT2D eigenvalue weighted by Crippen LogP contribution is -2.47. The highest BCUT2D eigenvalue weighted by atomic mass is 15.2. The van der Waals surface area contributed by atoms with Crippen LogP contribution in [-0.4, -0.2) is 74.6 Å². The highest BCUT2D eigenvalue weighted by molar-refractivity contribution is 4.83. The first-order valence-electron chi connectivity index (χ1n) is 8.72. The van der Waals surface area contributed by atoms with Gasteiger partial charge in [-0.1, -0.05) is 20.3 Å². The summed E-state index contributed by atoms with van der Waals surface area (Å²) in [5, 5.41) is 0. The number of likely N-dealkylation sites (tertiary alicyclic amines) is 1. The maximum absolute atomic E-state index is 2.79. The lowest BCUT2D eigenvalue weighted by Gasteiger charge is -2.41. The predicted octanol–water partition coefficient (Wildman–Crippen LogP) is 2.77. The van der Waals surface area contributed by atoms with Gasteiger partial charge in [0, 0.05) is 25.7 Å². The molecule has 0 spiro atoms. The molecular formula is C17H37N3. The Bertz CT molecular complexity index is 230. The van der Waals surface area contributed by atoms with Gasteiger partial charge in [-0.15, -0.1) is 0 Å². The number of piperidine rings is 1. The summed E-state index contributed by atoms with van der Waals surface area (Å²) in [5.74, 6) is 0.948. The Hall–Kier alpha value is -0.120. The van der Waals surface area contributed by atoms with Crippen LogP contribution in [0.25, 0.3) is 0 Å². The SMILES string of the molecule is CC.CN(C)CCN(CC1CCN(C)CC1)C1CCC1. The normalized spacial score (nSPS) is 21.8. The molecule has 2 rings (SSSR count). The van der Waals surface area contributed by atoms with E-state index in [0.717, 1.165) is 12.0 Å². The minimum Gasteiger partial charge on any atom is -0.308 e. The summed E-state index contributed by atoms with van der Waals surface area (Å²) in [5.41, 5.74) is 0. The second-order valence-electron chi connectivity index (χ2n) is 6.63. The van der Waals surface area contributed by atoms with Crippen molar-refractivity contribution in [2.45, 2.75) is 52.0 Å². The molecule has 0 radical (unpaired) electrons. The smallest absolute Gasteiger partial charge is 0.0112 e. The number of likely N-dealkylation sites (N-methyl/N-ethyl adjacent to an activating group) is 1. The number of nitrogens with zero attached hydrogens (tertiary/aromatic N) is 3. The molecule has 0 bridgehead atoms. The van der Waals surface area contributed by atoms with Crippen molar-refractivity contribution in [3.8, 4) is 0 Å². The first-order valence-corrected chi connectivity index (χ1v) is 8.72. The van der Waals surface area contributed by atoms with E-state index in [0.29, 0.717) is 0 Å². The largest absolute Gasteiger partial charge is 0.308 e. The third-order valence-electron chi connectivity index (χ3n) is 4.76. The summed E-state index contributed by atoms with van der Waals surface area (Å²) in [4.78, 5) is 7.59. The average molecular weight is 284 g/mol. The Kier molecular flexibility index (Phi) is 8.74. The molecule has 0 N–H and O–H groups in total. The van der Waals surface area contributed by atoms with Gasteiger partial charge in [0.05, 0.1) is 0 Å². The van der Waals surface area contributed by atoms with E-state index in [1.807, 2.05) is 13.8 Å². The van der Waals surface area contributed by atoms with E-state index in [1.165, 1.54) is 64.8 Å². The molecule has 0 aromatic heterocycles. The highest BCUT2D eigenvalue weighted by Gasteiger charge is 2.27. The van der Waals surface area contributed by atoms with E-state index in [1.54, 1.807) is 0 Å². The van der Waals surface area contributed by atoms with Gasteiger partial charge in [-0.05, 0) is 65.8 Å². The van der Waals surface area contributed by atoms with Gasteiger partial charge >= 0.3 is 0 Å². The van der Waals surface area contributed by atoms with Crippen molar-refractivity contribution in [3.05, 3.63) is 0 Å². The van der Waals surface area contributed by atoms with Crippen molar-refractivity contribution in [2.24, 2.45) is 5.92 Å². The van der Waals surface area contributed by atoms with Crippen LogP contribution in [0.2, 0.25) is 0 Å².